The van der Waals surface area contributed by atoms with Crippen LogP contribution in [0, 0.1) is 0 Å². The van der Waals surface area contributed by atoms with Crippen LogP contribution in [-0.2, 0) is 0 Å². The Morgan fingerprint density at radius 3 is 2.42 bits per heavy atom. The second kappa shape index (κ2) is 7.35. The summed E-state index contributed by atoms with van der Waals surface area (Å²) in [5.41, 5.74) is 0. The largest absolute Gasteiger partial charge is 0.362 e. The topological polar surface area (TPSA) is 6.48 Å². The van der Waals surface area contributed by atoms with Crippen molar-refractivity contribution in [3.05, 3.63) is 12.4 Å². The van der Waals surface area contributed by atoms with Gasteiger partial charge in [-0.25, -0.2) is 0 Å². The predicted octanol–water partition coefficient (Wildman–Crippen LogP) is 1.67. The minimum atomic E-state index is 0. The molecule has 1 atom stereocenters. The maximum absolute atomic E-state index is 2.34. The van der Waals surface area contributed by atoms with Gasteiger partial charge in [0.2, 0.25) is 0 Å². The van der Waals surface area contributed by atoms with E-state index in [4.69, 9.17) is 0 Å². The number of hydrogen-bond acceptors (Lipinski definition) is 2. The normalized spacial score (nSPS) is 14.2. The molecule has 0 fully saturated rings. The van der Waals surface area contributed by atoms with Crippen molar-refractivity contribution in [1.82, 2.24) is 9.80 Å². The van der Waals surface area contributed by atoms with Gasteiger partial charge in [0.15, 0.2) is 0 Å². The molecule has 0 amide bonds. The summed E-state index contributed by atoms with van der Waals surface area (Å²) in [6.45, 7) is 4.50. The zero-order chi connectivity index (χ0) is 7.40. The molecular weight excluding hydrogens is 174 g/mol. The fourth-order valence-corrected chi connectivity index (χ4v) is 1.10. The van der Waals surface area contributed by atoms with Crippen LogP contribution in [0.5, 0.6) is 0 Å². The van der Waals surface area contributed by atoms with Gasteiger partial charge in [0, 0.05) is 26.0 Å². The van der Waals surface area contributed by atoms with Gasteiger partial charge >= 0.3 is 0 Å². The second-order valence-corrected chi connectivity index (χ2v) is 2.86. The van der Waals surface area contributed by atoms with Crippen LogP contribution >= 0.6 is 9.90 Å². The van der Waals surface area contributed by atoms with E-state index in [2.05, 4.69) is 36.2 Å². The molecule has 74 valence electrons. The third-order valence-electron chi connectivity index (χ3n) is 1.74. The van der Waals surface area contributed by atoms with E-state index in [0.29, 0.717) is 0 Å². The molecule has 0 aromatic rings. The van der Waals surface area contributed by atoms with E-state index in [1.54, 1.807) is 0 Å². The summed E-state index contributed by atoms with van der Waals surface area (Å²) >= 11 is 0. The summed E-state index contributed by atoms with van der Waals surface area (Å²) in [5.74, 6) is 0. The minimum Gasteiger partial charge on any atom is -0.362 e. The third kappa shape index (κ3) is 4.55. The Morgan fingerprint density at radius 1 is 1.33 bits per heavy atom. The molecule has 0 saturated heterocycles. The van der Waals surface area contributed by atoms with E-state index in [0.717, 1.165) is 6.67 Å². The first-order valence-corrected chi connectivity index (χ1v) is 3.95. The second-order valence-electron chi connectivity index (χ2n) is 2.86. The molecule has 0 spiro atoms. The van der Waals surface area contributed by atoms with Crippen molar-refractivity contribution in [3.63, 3.8) is 0 Å². The fourth-order valence-electron chi connectivity index (χ4n) is 1.10. The van der Waals surface area contributed by atoms with E-state index in [-0.39, 0.29) is 14.6 Å². The van der Waals surface area contributed by atoms with Crippen molar-refractivity contribution in [3.8, 4) is 0 Å². The van der Waals surface area contributed by atoms with Crippen LogP contribution in [0.1, 0.15) is 19.8 Å². The molecule has 4 heteroatoms. The lowest BCUT2D eigenvalue weighted by atomic mass is 10.3. The highest BCUT2D eigenvalue weighted by atomic mass is 31.0. The van der Waals surface area contributed by atoms with Gasteiger partial charge in [0.25, 0.3) is 0 Å². The van der Waals surface area contributed by atoms with Crippen LogP contribution in [0.2, 0.25) is 0 Å². The first-order valence-electron chi connectivity index (χ1n) is 3.95. The Balaban J connectivity index is 0. The third-order valence-corrected chi connectivity index (χ3v) is 1.74. The number of hydrogen-bond donors (Lipinski definition) is 0. The van der Waals surface area contributed by atoms with Crippen LogP contribution in [0.25, 0.3) is 0 Å². The molecular formula is C8H20FN2P. The molecule has 2 nitrogen and oxygen atoms in total. The molecule has 0 aromatic carbocycles. The lowest BCUT2D eigenvalue weighted by Gasteiger charge is -2.17. The predicted molar refractivity (Wildman–Crippen MR) is 57.0 cm³/mol. The van der Waals surface area contributed by atoms with Gasteiger partial charge in [-0.05, 0) is 6.42 Å². The highest BCUT2D eigenvalue weighted by molar-refractivity contribution is 6.92. The summed E-state index contributed by atoms with van der Waals surface area (Å²) < 4.78 is 0. The summed E-state index contributed by atoms with van der Waals surface area (Å²) in [5, 5.41) is 0. The van der Waals surface area contributed by atoms with Gasteiger partial charge in [-0.15, -0.1) is 0 Å². The first kappa shape index (κ1) is 14.2. The van der Waals surface area contributed by atoms with Gasteiger partial charge in [0.1, 0.15) is 0 Å². The lowest BCUT2D eigenvalue weighted by Crippen LogP contribution is -2.23. The molecule has 0 aromatic heterocycles. The zero-order valence-corrected chi connectivity index (χ0v) is 9.41. The van der Waals surface area contributed by atoms with E-state index in [1.807, 2.05) is 0 Å². The van der Waals surface area contributed by atoms with Gasteiger partial charge in [-0.1, -0.05) is 13.3 Å². The summed E-state index contributed by atoms with van der Waals surface area (Å²) in [6, 6.07) is 0. The standard InChI is InChI=1S/C8H16N2.FH.H3P/c1-3-4-5-10-7-6-9(2)8-10;;/h6-7H,3-5,8H2,1-2H3;1H;1H3. The zero-order valence-electron chi connectivity index (χ0n) is 7.99. The SMILES string of the molecule is CCCCN1C=CN(C)C1.F.P. The fraction of sp³-hybridized carbons (Fsp3) is 0.750. The Kier molecular flexibility index (Phi) is 8.73. The molecule has 1 rings (SSSR count). The summed E-state index contributed by atoms with van der Waals surface area (Å²) in [6.07, 6.45) is 6.87. The minimum absolute atomic E-state index is 0. The average Bonchev–Trinajstić information content (AvgIpc) is 2.31. The van der Waals surface area contributed by atoms with Gasteiger partial charge in [-0.2, -0.15) is 9.90 Å². The molecule has 0 N–H and O–H groups in total. The maximum atomic E-state index is 2.34. The number of halogens is 1. The number of rotatable bonds is 3. The Labute approximate surface area is 77.6 Å². The average molecular weight is 194 g/mol. The molecule has 0 saturated carbocycles. The van der Waals surface area contributed by atoms with Gasteiger partial charge in [0.05, 0.1) is 6.67 Å². The quantitative estimate of drug-likeness (QED) is 0.631. The monoisotopic (exact) mass is 194 g/mol. The van der Waals surface area contributed by atoms with Crippen LogP contribution in [-0.4, -0.2) is 30.1 Å². The van der Waals surface area contributed by atoms with E-state index in [9.17, 15) is 0 Å². The van der Waals surface area contributed by atoms with E-state index < -0.39 is 0 Å². The molecule has 1 aliphatic heterocycles. The molecule has 12 heavy (non-hydrogen) atoms. The molecule has 1 unspecified atom stereocenters. The van der Waals surface area contributed by atoms with Crippen molar-refractivity contribution in [2.45, 2.75) is 19.8 Å². The Hall–Kier alpha value is -0.300. The first-order chi connectivity index (χ1) is 4.83. The van der Waals surface area contributed by atoms with E-state index >= 15 is 0 Å². The van der Waals surface area contributed by atoms with Crippen molar-refractivity contribution in [2.24, 2.45) is 0 Å². The van der Waals surface area contributed by atoms with Crippen molar-refractivity contribution in [1.29, 1.82) is 0 Å². The molecule has 1 aliphatic rings. The van der Waals surface area contributed by atoms with Crippen LogP contribution < -0.4 is 0 Å². The van der Waals surface area contributed by atoms with Gasteiger partial charge in [-0.3, -0.25) is 4.70 Å². The number of unbranched alkanes of at least 4 members (excludes halogenated alkanes) is 1. The van der Waals surface area contributed by atoms with Gasteiger partial charge < -0.3 is 9.80 Å². The smallest absolute Gasteiger partial charge is 0.0890 e. The van der Waals surface area contributed by atoms with E-state index in [1.165, 1.54) is 19.4 Å². The highest BCUT2D eigenvalue weighted by Gasteiger charge is 2.05. The van der Waals surface area contributed by atoms with Crippen molar-refractivity contribution < 1.29 is 4.70 Å². The maximum Gasteiger partial charge on any atom is 0.0890 e. The van der Waals surface area contributed by atoms with Crippen LogP contribution in [0.3, 0.4) is 0 Å². The molecule has 0 aliphatic carbocycles. The molecule has 1 heterocycles. The van der Waals surface area contributed by atoms with Crippen molar-refractivity contribution >= 4 is 9.90 Å². The van der Waals surface area contributed by atoms with Crippen LogP contribution in [0.15, 0.2) is 12.4 Å². The van der Waals surface area contributed by atoms with Crippen LogP contribution in [0.4, 0.5) is 4.70 Å². The highest BCUT2D eigenvalue weighted by Crippen LogP contribution is 2.04. The molecule has 0 radical (unpaired) electrons. The lowest BCUT2D eigenvalue weighted by molar-refractivity contribution is 0.293. The summed E-state index contributed by atoms with van der Waals surface area (Å²) in [7, 11) is 2.10. The Morgan fingerprint density at radius 2 is 2.00 bits per heavy atom. The number of nitrogens with zero attached hydrogens (tertiary/aromatic N) is 2. The summed E-state index contributed by atoms with van der Waals surface area (Å²) in [4.78, 5) is 4.53. The Bertz CT molecular complexity index is 130. The van der Waals surface area contributed by atoms with Crippen molar-refractivity contribution in [2.75, 3.05) is 20.3 Å². The molecule has 0 bridgehead atoms.